The van der Waals surface area contributed by atoms with E-state index in [1.54, 1.807) is 20.4 Å². The number of hydrogen-bond donors (Lipinski definition) is 2. The largest absolute Gasteiger partial charge is 0.598 e. The first kappa shape index (κ1) is 30.9. The van der Waals surface area contributed by atoms with Gasteiger partial charge in [-0.3, -0.25) is 0 Å². The smallest absolute Gasteiger partial charge is 0.360 e. The highest BCUT2D eigenvalue weighted by molar-refractivity contribution is 7.90. The summed E-state index contributed by atoms with van der Waals surface area (Å²) in [6.45, 7) is 7.75. The number of piperidine rings is 1. The van der Waals surface area contributed by atoms with Gasteiger partial charge in [-0.05, 0) is 63.3 Å². The second-order valence-electron chi connectivity index (χ2n) is 12.1. The van der Waals surface area contributed by atoms with E-state index >= 15 is 0 Å². The zero-order chi connectivity index (χ0) is 30.8. The molecule has 1 aliphatic heterocycles. The molecule has 1 unspecified atom stereocenters. The lowest BCUT2D eigenvalue weighted by atomic mass is 9.73. The molecule has 43 heavy (non-hydrogen) atoms. The minimum absolute atomic E-state index is 0.0236. The number of nitrogens with zero attached hydrogens (tertiary/aromatic N) is 3. The van der Waals surface area contributed by atoms with Crippen molar-refractivity contribution in [2.75, 3.05) is 44.6 Å². The van der Waals surface area contributed by atoms with E-state index in [-0.39, 0.29) is 21.9 Å². The molecular formula is C32H41N5O5S. The van der Waals surface area contributed by atoms with E-state index in [9.17, 15) is 9.35 Å². The first-order valence-electron chi connectivity index (χ1n) is 14.5. The van der Waals surface area contributed by atoms with Crippen molar-refractivity contribution in [3.63, 3.8) is 0 Å². The minimum Gasteiger partial charge on any atom is -0.598 e. The summed E-state index contributed by atoms with van der Waals surface area (Å²) >= 11 is -1.22. The number of methoxy groups -OCH3 is 3. The van der Waals surface area contributed by atoms with Gasteiger partial charge < -0.3 is 29.0 Å². The van der Waals surface area contributed by atoms with E-state index in [1.807, 2.05) is 39.0 Å². The van der Waals surface area contributed by atoms with Crippen LogP contribution in [-0.4, -0.2) is 59.7 Å². The average Bonchev–Trinajstić information content (AvgIpc) is 3.31. The van der Waals surface area contributed by atoms with E-state index in [0.717, 1.165) is 24.8 Å². The summed E-state index contributed by atoms with van der Waals surface area (Å²) in [7, 11) is 4.58. The molecule has 2 atom stereocenters. The molecule has 230 valence electrons. The average molecular weight is 608 g/mol. The number of ether oxygens (including phenoxy) is 3. The molecule has 1 aliphatic carbocycles. The lowest BCUT2D eigenvalue weighted by Gasteiger charge is -2.44. The summed E-state index contributed by atoms with van der Waals surface area (Å²) in [5.41, 5.74) is 3.54. The predicted octanol–water partition coefficient (Wildman–Crippen LogP) is 4.83. The van der Waals surface area contributed by atoms with Gasteiger partial charge in [0.05, 0.1) is 33.6 Å². The lowest BCUT2D eigenvalue weighted by molar-refractivity contribution is 0.0594. The highest BCUT2D eigenvalue weighted by atomic mass is 32.2. The third-order valence-electron chi connectivity index (χ3n) is 8.45. The Hall–Kier alpha value is -3.54. The maximum Gasteiger partial charge on any atom is 0.360 e. The fraction of sp³-hybridized carbons (Fsp3) is 0.469. The lowest BCUT2D eigenvalue weighted by Crippen LogP contribution is -2.50. The zero-order valence-electron chi connectivity index (χ0n) is 25.7. The Bertz CT molecular complexity index is 1450. The maximum absolute atomic E-state index is 13.3. The van der Waals surface area contributed by atoms with E-state index in [1.165, 1.54) is 18.2 Å². The molecule has 10 nitrogen and oxygen atoms in total. The first-order chi connectivity index (χ1) is 20.6. The van der Waals surface area contributed by atoms with Gasteiger partial charge >= 0.3 is 5.97 Å². The van der Waals surface area contributed by atoms with Crippen LogP contribution in [0.25, 0.3) is 0 Å². The van der Waals surface area contributed by atoms with Gasteiger partial charge in [-0.1, -0.05) is 24.3 Å². The van der Waals surface area contributed by atoms with Gasteiger partial charge in [0.1, 0.15) is 22.1 Å². The molecule has 2 heterocycles. The molecule has 0 radical (unpaired) electrons. The van der Waals surface area contributed by atoms with Crippen molar-refractivity contribution in [2.45, 2.75) is 57.4 Å². The van der Waals surface area contributed by atoms with Crippen LogP contribution in [-0.2, 0) is 29.1 Å². The van der Waals surface area contributed by atoms with Gasteiger partial charge in [0.15, 0.2) is 11.5 Å². The Morgan fingerprint density at radius 3 is 2.53 bits per heavy atom. The third kappa shape index (κ3) is 6.39. The summed E-state index contributed by atoms with van der Waals surface area (Å²) in [5, 5.41) is 3.32. The van der Waals surface area contributed by atoms with Gasteiger partial charge in [-0.15, -0.1) is 4.72 Å². The fourth-order valence-corrected chi connectivity index (χ4v) is 6.94. The summed E-state index contributed by atoms with van der Waals surface area (Å²) in [5.74, 6) is 1.90. The molecular weight excluding hydrogens is 566 g/mol. The number of carbonyl (C=O) groups excluding carboxylic acids is 1. The van der Waals surface area contributed by atoms with Crippen LogP contribution in [0, 0.1) is 5.41 Å². The summed E-state index contributed by atoms with van der Waals surface area (Å²) in [6.07, 6.45) is 4.14. The Labute approximate surface area is 256 Å². The van der Waals surface area contributed by atoms with Crippen molar-refractivity contribution >= 4 is 29.0 Å². The van der Waals surface area contributed by atoms with Gasteiger partial charge in [0.25, 0.3) is 0 Å². The maximum atomic E-state index is 13.3. The van der Waals surface area contributed by atoms with Crippen molar-refractivity contribution in [2.24, 2.45) is 5.41 Å². The monoisotopic (exact) mass is 607 g/mol. The van der Waals surface area contributed by atoms with Crippen molar-refractivity contribution < 1.29 is 23.6 Å². The van der Waals surface area contributed by atoms with Crippen molar-refractivity contribution in [1.29, 1.82) is 0 Å². The zero-order valence-corrected chi connectivity index (χ0v) is 26.5. The van der Waals surface area contributed by atoms with Gasteiger partial charge in [-0.25, -0.2) is 14.8 Å². The number of nitrogens with one attached hydrogen (secondary N) is 2. The molecule has 2 aromatic carbocycles. The van der Waals surface area contributed by atoms with Crippen molar-refractivity contribution in [3.8, 4) is 11.5 Å². The molecule has 0 bridgehead atoms. The SMILES string of the molecule is COC(=O)c1ncc(NCc2ccc(OC)cc2OC)nc1N1CCC2(CC1)Cc1ccccc1[C@H]2N[S+]([O-])C(C)(C)C. The Morgan fingerprint density at radius 1 is 1.12 bits per heavy atom. The summed E-state index contributed by atoms with van der Waals surface area (Å²) in [4.78, 5) is 24.2. The number of esters is 1. The molecule has 2 aliphatic rings. The second kappa shape index (κ2) is 12.6. The molecule has 1 fully saturated rings. The van der Waals surface area contributed by atoms with E-state index in [4.69, 9.17) is 19.2 Å². The molecule has 11 heteroatoms. The molecule has 5 rings (SSSR count). The molecule has 1 saturated heterocycles. The van der Waals surface area contributed by atoms with Crippen LogP contribution in [0.4, 0.5) is 11.6 Å². The third-order valence-corrected chi connectivity index (χ3v) is 10.0. The Morgan fingerprint density at radius 2 is 1.86 bits per heavy atom. The molecule has 3 aromatic rings. The Balaban J connectivity index is 1.37. The number of anilines is 2. The fourth-order valence-electron chi connectivity index (χ4n) is 6.00. The molecule has 0 amide bonds. The summed E-state index contributed by atoms with van der Waals surface area (Å²) < 4.78 is 32.3. The highest BCUT2D eigenvalue weighted by Crippen LogP contribution is 2.53. The minimum atomic E-state index is -1.22. The number of hydrogen-bond acceptors (Lipinski definition) is 10. The predicted molar refractivity (Wildman–Crippen MR) is 168 cm³/mol. The van der Waals surface area contributed by atoms with E-state index in [2.05, 4.69) is 44.2 Å². The number of aromatic nitrogens is 2. The Kier molecular flexibility index (Phi) is 9.05. The van der Waals surface area contributed by atoms with Gasteiger partial charge in [-0.2, -0.15) is 0 Å². The number of carbonyl (C=O) groups is 1. The topological polar surface area (TPSA) is 121 Å². The molecule has 2 N–H and O–H groups in total. The molecule has 1 spiro atoms. The first-order valence-corrected chi connectivity index (χ1v) is 15.6. The molecule has 0 saturated carbocycles. The van der Waals surface area contributed by atoms with E-state index < -0.39 is 17.3 Å². The van der Waals surface area contributed by atoms with Gasteiger partial charge in [0, 0.05) is 48.0 Å². The molecule has 1 aromatic heterocycles. The van der Waals surface area contributed by atoms with E-state index in [0.29, 0.717) is 42.8 Å². The van der Waals surface area contributed by atoms with Crippen LogP contribution >= 0.6 is 0 Å². The van der Waals surface area contributed by atoms with Crippen LogP contribution in [0.15, 0.2) is 48.7 Å². The van der Waals surface area contributed by atoms with Crippen LogP contribution < -0.4 is 24.4 Å². The van der Waals surface area contributed by atoms with Crippen LogP contribution in [0.5, 0.6) is 11.5 Å². The summed E-state index contributed by atoms with van der Waals surface area (Å²) in [6, 6.07) is 14.1. The highest BCUT2D eigenvalue weighted by Gasteiger charge is 2.50. The van der Waals surface area contributed by atoms with Crippen LogP contribution in [0.2, 0.25) is 0 Å². The van der Waals surface area contributed by atoms with Crippen LogP contribution in [0.1, 0.15) is 66.8 Å². The normalized spacial score (nSPS) is 18.2. The van der Waals surface area contributed by atoms with Crippen molar-refractivity contribution in [1.82, 2.24) is 14.7 Å². The second-order valence-corrected chi connectivity index (χ2v) is 14.1. The number of rotatable bonds is 9. The van der Waals surface area contributed by atoms with Crippen LogP contribution in [0.3, 0.4) is 0 Å². The van der Waals surface area contributed by atoms with Gasteiger partial charge in [0.2, 0.25) is 0 Å². The number of fused-ring (bicyclic) bond motifs is 1. The quantitative estimate of drug-likeness (QED) is 0.259. The van der Waals surface area contributed by atoms with Crippen molar-refractivity contribution in [3.05, 3.63) is 71.0 Å². The number of benzene rings is 2. The standard InChI is InChI=1S/C32H41N5O5S/c1-31(2,3)43(39)36-28-24-10-8-7-9-21(24)18-32(28)13-15-37(16-14-32)29-27(30(38)42-6)34-20-26(35-29)33-19-22-11-12-23(40-4)17-25(22)41-5/h7-12,17,20,28,36H,13-16,18-19H2,1-6H3,(H,33,35)/t28-,43?/m1/s1.